The topological polar surface area (TPSA) is 49.4 Å². The first-order chi connectivity index (χ1) is 14.3. The van der Waals surface area contributed by atoms with Gasteiger partial charge in [0, 0.05) is 42.1 Å². The predicted octanol–water partition coefficient (Wildman–Crippen LogP) is 3.96. The number of benzene rings is 2. The summed E-state index contributed by atoms with van der Waals surface area (Å²) in [6, 6.07) is 12.3. The zero-order valence-electron chi connectivity index (χ0n) is 17.8. The smallest absolute Gasteiger partial charge is 0.226 e. The molecule has 1 N–H and O–H groups in total. The Kier molecular flexibility index (Phi) is 7.00. The summed E-state index contributed by atoms with van der Waals surface area (Å²) >= 11 is 0. The number of carbonyl (C=O) groups excluding carboxylic acids is 1. The van der Waals surface area contributed by atoms with Crippen molar-refractivity contribution in [3.05, 3.63) is 70.5 Å². The van der Waals surface area contributed by atoms with E-state index in [1.807, 2.05) is 44.3 Å². The van der Waals surface area contributed by atoms with E-state index >= 15 is 0 Å². The molecule has 0 aliphatic heterocycles. The third-order valence-corrected chi connectivity index (χ3v) is 6.36. The molecule has 0 heterocycles. The largest absolute Gasteiger partial charge is 0.344 e. The SMILES string of the molecule is CNCCN(C)C(=O)CC1=C(C)/C(=C/c2ccc(S(C)=O)cc2)c2ccc(F)cc21. The van der Waals surface area contributed by atoms with Crippen LogP contribution in [-0.4, -0.2) is 48.5 Å². The fraction of sp³-hybridized carbons (Fsp3) is 0.292. The molecule has 3 rings (SSSR count). The number of likely N-dealkylation sites (N-methyl/N-ethyl adjacent to an activating group) is 2. The van der Waals surface area contributed by atoms with Gasteiger partial charge >= 0.3 is 0 Å². The lowest BCUT2D eigenvalue weighted by molar-refractivity contribution is -0.128. The first-order valence-electron chi connectivity index (χ1n) is 9.86. The average molecular weight is 427 g/mol. The van der Waals surface area contributed by atoms with Gasteiger partial charge in [0.15, 0.2) is 0 Å². The van der Waals surface area contributed by atoms with E-state index in [-0.39, 0.29) is 18.1 Å². The highest BCUT2D eigenvalue weighted by Crippen LogP contribution is 2.44. The Balaban J connectivity index is 1.98. The van der Waals surface area contributed by atoms with Crippen molar-refractivity contribution < 1.29 is 13.4 Å². The lowest BCUT2D eigenvalue weighted by atomic mass is 10.0. The van der Waals surface area contributed by atoms with E-state index in [4.69, 9.17) is 0 Å². The second-order valence-electron chi connectivity index (χ2n) is 7.47. The first-order valence-corrected chi connectivity index (χ1v) is 11.4. The van der Waals surface area contributed by atoms with Gasteiger partial charge in [-0.2, -0.15) is 0 Å². The molecule has 0 saturated carbocycles. The molecule has 0 bridgehead atoms. The van der Waals surface area contributed by atoms with Gasteiger partial charge in [-0.3, -0.25) is 9.00 Å². The van der Waals surface area contributed by atoms with Crippen LogP contribution in [0.1, 0.15) is 30.0 Å². The summed E-state index contributed by atoms with van der Waals surface area (Å²) < 4.78 is 25.7. The van der Waals surface area contributed by atoms with Gasteiger partial charge in [-0.1, -0.05) is 18.2 Å². The van der Waals surface area contributed by atoms with Gasteiger partial charge < -0.3 is 10.2 Å². The molecule has 1 unspecified atom stereocenters. The van der Waals surface area contributed by atoms with Crippen molar-refractivity contribution in [1.29, 1.82) is 0 Å². The Bertz CT molecular complexity index is 1040. The summed E-state index contributed by atoms with van der Waals surface area (Å²) in [4.78, 5) is 15.2. The molecule has 30 heavy (non-hydrogen) atoms. The number of hydrogen-bond acceptors (Lipinski definition) is 3. The summed E-state index contributed by atoms with van der Waals surface area (Å²) in [5.74, 6) is -0.308. The second-order valence-corrected chi connectivity index (χ2v) is 8.85. The zero-order chi connectivity index (χ0) is 21.8. The van der Waals surface area contributed by atoms with Crippen LogP contribution >= 0.6 is 0 Å². The molecule has 6 heteroatoms. The minimum absolute atomic E-state index is 0.00541. The Hall–Kier alpha value is -2.57. The van der Waals surface area contributed by atoms with Crippen LogP contribution in [0.3, 0.4) is 0 Å². The maximum Gasteiger partial charge on any atom is 0.226 e. The van der Waals surface area contributed by atoms with E-state index in [9.17, 15) is 13.4 Å². The predicted molar refractivity (Wildman–Crippen MR) is 122 cm³/mol. The number of allylic oxidation sites excluding steroid dienone is 2. The maximum atomic E-state index is 14.0. The van der Waals surface area contributed by atoms with E-state index < -0.39 is 10.8 Å². The molecule has 0 saturated heterocycles. The summed E-state index contributed by atoms with van der Waals surface area (Å²) in [5.41, 5.74) is 5.50. The molecular weight excluding hydrogens is 399 g/mol. The van der Waals surface area contributed by atoms with E-state index in [0.717, 1.165) is 44.8 Å². The van der Waals surface area contributed by atoms with Crippen LogP contribution in [0.25, 0.3) is 17.2 Å². The van der Waals surface area contributed by atoms with E-state index in [0.29, 0.717) is 6.54 Å². The quantitative estimate of drug-likeness (QED) is 0.729. The number of amides is 1. The Morgan fingerprint density at radius 2 is 1.87 bits per heavy atom. The molecule has 0 radical (unpaired) electrons. The molecule has 4 nitrogen and oxygen atoms in total. The average Bonchev–Trinajstić information content (AvgIpc) is 2.97. The van der Waals surface area contributed by atoms with Crippen molar-refractivity contribution in [2.75, 3.05) is 33.4 Å². The van der Waals surface area contributed by atoms with E-state index in [1.54, 1.807) is 24.3 Å². The van der Waals surface area contributed by atoms with Crippen LogP contribution in [0, 0.1) is 5.82 Å². The fourth-order valence-electron chi connectivity index (χ4n) is 3.59. The second kappa shape index (κ2) is 9.49. The maximum absolute atomic E-state index is 14.0. The van der Waals surface area contributed by atoms with Crippen molar-refractivity contribution in [3.63, 3.8) is 0 Å². The number of rotatable bonds is 7. The van der Waals surface area contributed by atoms with Crippen molar-refractivity contribution in [2.45, 2.75) is 18.2 Å². The van der Waals surface area contributed by atoms with Gasteiger partial charge in [0.2, 0.25) is 5.91 Å². The summed E-state index contributed by atoms with van der Waals surface area (Å²) in [6.45, 7) is 3.32. The number of carbonyl (C=O) groups is 1. The monoisotopic (exact) mass is 426 g/mol. The zero-order valence-corrected chi connectivity index (χ0v) is 18.6. The Morgan fingerprint density at radius 1 is 1.17 bits per heavy atom. The minimum Gasteiger partial charge on any atom is -0.344 e. The van der Waals surface area contributed by atoms with Crippen LogP contribution in [0.15, 0.2) is 52.9 Å². The van der Waals surface area contributed by atoms with Crippen LogP contribution in [0.5, 0.6) is 0 Å². The highest BCUT2D eigenvalue weighted by molar-refractivity contribution is 7.84. The van der Waals surface area contributed by atoms with Crippen LogP contribution < -0.4 is 5.32 Å². The molecule has 1 amide bonds. The number of fused-ring (bicyclic) bond motifs is 1. The van der Waals surface area contributed by atoms with E-state index in [1.165, 1.54) is 12.1 Å². The van der Waals surface area contributed by atoms with E-state index in [2.05, 4.69) is 5.32 Å². The molecule has 1 aliphatic rings. The molecule has 0 spiro atoms. The molecule has 158 valence electrons. The van der Waals surface area contributed by atoms with Crippen molar-refractivity contribution >= 4 is 33.9 Å². The lowest BCUT2D eigenvalue weighted by Crippen LogP contribution is -2.32. The summed E-state index contributed by atoms with van der Waals surface area (Å²) in [6.07, 6.45) is 3.92. The minimum atomic E-state index is -1.03. The number of hydrogen-bond donors (Lipinski definition) is 1. The highest BCUT2D eigenvalue weighted by Gasteiger charge is 2.26. The van der Waals surface area contributed by atoms with Crippen molar-refractivity contribution in [3.8, 4) is 0 Å². The third-order valence-electron chi connectivity index (χ3n) is 5.43. The van der Waals surface area contributed by atoms with Crippen molar-refractivity contribution in [2.24, 2.45) is 0 Å². The van der Waals surface area contributed by atoms with Gasteiger partial charge in [-0.05, 0) is 77.7 Å². The lowest BCUT2D eigenvalue weighted by Gasteiger charge is -2.18. The van der Waals surface area contributed by atoms with Crippen molar-refractivity contribution in [1.82, 2.24) is 10.2 Å². The number of nitrogens with one attached hydrogen (secondary N) is 1. The fourth-order valence-corrected chi connectivity index (χ4v) is 4.11. The van der Waals surface area contributed by atoms with Gasteiger partial charge in [-0.25, -0.2) is 4.39 Å². The van der Waals surface area contributed by atoms with Crippen LogP contribution in [-0.2, 0) is 15.6 Å². The molecule has 2 aromatic rings. The standard InChI is InChI=1S/C24H27FN2O2S/c1-16-21(13-17-5-8-19(9-6-17)30(4)29)20-10-7-18(25)14-23(20)22(16)15-24(28)27(3)12-11-26-2/h5-10,13-14,26H,11-12,15H2,1-4H3/b21-13-. The summed E-state index contributed by atoms with van der Waals surface area (Å²) in [5, 5.41) is 3.04. The van der Waals surface area contributed by atoms with Crippen LogP contribution in [0.4, 0.5) is 4.39 Å². The van der Waals surface area contributed by atoms with Crippen LogP contribution in [0.2, 0.25) is 0 Å². The third kappa shape index (κ3) is 4.77. The Morgan fingerprint density at radius 3 is 2.50 bits per heavy atom. The normalized spacial score (nSPS) is 15.4. The molecule has 1 atom stereocenters. The van der Waals surface area contributed by atoms with Gasteiger partial charge in [0.1, 0.15) is 5.82 Å². The van der Waals surface area contributed by atoms with Gasteiger partial charge in [-0.15, -0.1) is 0 Å². The Labute approximate surface area is 179 Å². The number of nitrogens with zero attached hydrogens (tertiary/aromatic N) is 1. The molecule has 0 fully saturated rings. The first kappa shape index (κ1) is 22.1. The summed E-state index contributed by atoms with van der Waals surface area (Å²) in [7, 11) is 2.61. The molecular formula is C24H27FN2O2S. The highest BCUT2D eigenvalue weighted by atomic mass is 32.2. The van der Waals surface area contributed by atoms with Gasteiger partial charge in [0.05, 0.1) is 6.42 Å². The molecule has 0 aromatic heterocycles. The number of halogens is 1. The van der Waals surface area contributed by atoms with Gasteiger partial charge in [0.25, 0.3) is 0 Å². The molecule has 2 aromatic carbocycles. The molecule has 1 aliphatic carbocycles.